The third-order valence-corrected chi connectivity index (χ3v) is 4.37. The molecule has 7 nitrogen and oxygen atoms in total. The predicted octanol–water partition coefficient (Wildman–Crippen LogP) is 1.47. The normalized spacial score (nSPS) is 15.6. The van der Waals surface area contributed by atoms with Crippen molar-refractivity contribution in [2.24, 2.45) is 0 Å². The van der Waals surface area contributed by atoms with Gasteiger partial charge in [0.05, 0.1) is 17.4 Å². The summed E-state index contributed by atoms with van der Waals surface area (Å²) in [7, 11) is 0. The van der Waals surface area contributed by atoms with Gasteiger partial charge in [0, 0.05) is 45.5 Å². The zero-order chi connectivity index (χ0) is 18.2. The highest BCUT2D eigenvalue weighted by Gasteiger charge is 2.19. The Morgan fingerprint density at radius 3 is 2.64 bits per heavy atom. The van der Waals surface area contributed by atoms with Crippen molar-refractivity contribution in [2.75, 3.05) is 50.8 Å². The summed E-state index contributed by atoms with van der Waals surface area (Å²) in [6, 6.07) is 0. The number of nitrogens with one attached hydrogen (secondary N) is 1. The number of aromatic nitrogens is 2. The second-order valence-electron chi connectivity index (χ2n) is 6.62. The third kappa shape index (κ3) is 5.93. The molecule has 0 radical (unpaired) electrons. The van der Waals surface area contributed by atoms with Crippen LogP contribution < -0.4 is 10.2 Å². The Balaban J connectivity index is 1.85. The van der Waals surface area contributed by atoms with Crippen molar-refractivity contribution in [3.63, 3.8) is 0 Å². The van der Waals surface area contributed by atoms with Gasteiger partial charge in [0.2, 0.25) is 5.95 Å². The Hall–Kier alpha value is -1.73. The fourth-order valence-corrected chi connectivity index (χ4v) is 2.78. The molecule has 1 amide bonds. The van der Waals surface area contributed by atoms with Crippen molar-refractivity contribution in [1.29, 1.82) is 0 Å². The summed E-state index contributed by atoms with van der Waals surface area (Å²) in [5, 5.41) is 2.91. The Kier molecular flexibility index (Phi) is 7.58. The van der Waals surface area contributed by atoms with Gasteiger partial charge >= 0.3 is 0 Å². The van der Waals surface area contributed by atoms with Crippen LogP contribution in [-0.2, 0) is 4.74 Å². The SMILES string of the molecule is CCN1CCN(c2ncc(C(=O)NCCCOC(C)C)c(C)n2)CC1. The Bertz CT molecular complexity index is 556. The standard InChI is InChI=1S/C18H31N5O2/c1-5-22-8-10-23(11-9-22)18-20-13-16(15(4)21-18)17(24)19-7-6-12-25-14(2)3/h13-14H,5-12H2,1-4H3,(H,19,24). The van der Waals surface area contributed by atoms with Gasteiger partial charge in [0.1, 0.15) is 0 Å². The van der Waals surface area contributed by atoms with E-state index in [1.54, 1.807) is 6.20 Å². The van der Waals surface area contributed by atoms with Crippen molar-refractivity contribution in [3.05, 3.63) is 17.5 Å². The van der Waals surface area contributed by atoms with E-state index in [0.29, 0.717) is 18.7 Å². The van der Waals surface area contributed by atoms with Crippen molar-refractivity contribution in [3.8, 4) is 0 Å². The third-order valence-electron chi connectivity index (χ3n) is 4.37. The molecule has 0 bridgehead atoms. The summed E-state index contributed by atoms with van der Waals surface area (Å²) >= 11 is 0. The number of rotatable bonds is 8. The lowest BCUT2D eigenvalue weighted by Crippen LogP contribution is -2.46. The van der Waals surface area contributed by atoms with Crippen LogP contribution in [0.3, 0.4) is 0 Å². The molecule has 25 heavy (non-hydrogen) atoms. The van der Waals surface area contributed by atoms with Gasteiger partial charge in [-0.3, -0.25) is 4.79 Å². The number of carbonyl (C=O) groups excluding carboxylic acids is 1. The molecule has 140 valence electrons. The van der Waals surface area contributed by atoms with E-state index >= 15 is 0 Å². The maximum Gasteiger partial charge on any atom is 0.254 e. The van der Waals surface area contributed by atoms with Crippen LogP contribution in [0.1, 0.15) is 43.2 Å². The second-order valence-corrected chi connectivity index (χ2v) is 6.62. The summed E-state index contributed by atoms with van der Waals surface area (Å²) < 4.78 is 5.47. The second kappa shape index (κ2) is 9.68. The lowest BCUT2D eigenvalue weighted by molar-refractivity contribution is 0.0757. The van der Waals surface area contributed by atoms with Crippen LogP contribution in [0, 0.1) is 6.92 Å². The molecule has 0 unspecified atom stereocenters. The number of nitrogens with zero attached hydrogens (tertiary/aromatic N) is 4. The molecule has 7 heteroatoms. The summed E-state index contributed by atoms with van der Waals surface area (Å²) in [5.41, 5.74) is 1.26. The van der Waals surface area contributed by atoms with Crippen LogP contribution in [0.5, 0.6) is 0 Å². The molecule has 2 rings (SSSR count). The molecular weight excluding hydrogens is 318 g/mol. The van der Waals surface area contributed by atoms with Crippen LogP contribution in [-0.4, -0.2) is 72.8 Å². The zero-order valence-corrected chi connectivity index (χ0v) is 15.9. The molecule has 1 aliphatic heterocycles. The predicted molar refractivity (Wildman–Crippen MR) is 99.1 cm³/mol. The lowest BCUT2D eigenvalue weighted by Gasteiger charge is -2.34. The van der Waals surface area contributed by atoms with Crippen LogP contribution in [0.15, 0.2) is 6.20 Å². The molecule has 0 spiro atoms. The van der Waals surface area contributed by atoms with Crippen LogP contribution in [0.2, 0.25) is 0 Å². The monoisotopic (exact) mass is 349 g/mol. The summed E-state index contributed by atoms with van der Waals surface area (Å²) in [4.78, 5) is 25.8. The average molecular weight is 349 g/mol. The van der Waals surface area contributed by atoms with Gasteiger partial charge in [-0.15, -0.1) is 0 Å². The fraction of sp³-hybridized carbons (Fsp3) is 0.722. The number of ether oxygens (including phenoxy) is 1. The summed E-state index contributed by atoms with van der Waals surface area (Å²) in [6.07, 6.45) is 2.66. The van der Waals surface area contributed by atoms with Crippen molar-refractivity contribution in [2.45, 2.75) is 40.2 Å². The first-order chi connectivity index (χ1) is 12.0. The number of anilines is 1. The van der Waals surface area contributed by atoms with E-state index in [2.05, 4.69) is 32.0 Å². The van der Waals surface area contributed by atoms with Crippen molar-refractivity contribution < 1.29 is 9.53 Å². The first-order valence-corrected chi connectivity index (χ1v) is 9.22. The Morgan fingerprint density at radius 1 is 1.32 bits per heavy atom. The molecule has 1 N–H and O–H groups in total. The minimum absolute atomic E-state index is 0.121. The van der Waals surface area contributed by atoms with E-state index in [1.807, 2.05) is 20.8 Å². The fourth-order valence-electron chi connectivity index (χ4n) is 2.78. The summed E-state index contributed by atoms with van der Waals surface area (Å²) in [6.45, 7) is 14.3. The topological polar surface area (TPSA) is 70.6 Å². The molecule has 1 aliphatic rings. The lowest BCUT2D eigenvalue weighted by atomic mass is 10.2. The quantitative estimate of drug-likeness (QED) is 0.717. The number of aryl methyl sites for hydroxylation is 1. The van der Waals surface area contributed by atoms with Crippen molar-refractivity contribution >= 4 is 11.9 Å². The number of likely N-dealkylation sites (N-methyl/N-ethyl adjacent to an activating group) is 1. The van der Waals surface area contributed by atoms with Gasteiger partial charge in [0.25, 0.3) is 5.91 Å². The minimum atomic E-state index is -0.121. The Morgan fingerprint density at radius 2 is 2.04 bits per heavy atom. The number of hydrogen-bond donors (Lipinski definition) is 1. The molecule has 0 saturated carbocycles. The van der Waals surface area contributed by atoms with E-state index in [9.17, 15) is 4.79 Å². The molecule has 2 heterocycles. The highest BCUT2D eigenvalue weighted by atomic mass is 16.5. The Labute approximate surface area is 150 Å². The number of hydrogen-bond acceptors (Lipinski definition) is 6. The van der Waals surface area contributed by atoms with Gasteiger partial charge in [-0.05, 0) is 33.7 Å². The maximum atomic E-state index is 12.3. The molecule has 0 atom stereocenters. The van der Waals surface area contributed by atoms with Crippen LogP contribution >= 0.6 is 0 Å². The van der Waals surface area contributed by atoms with Crippen molar-refractivity contribution in [1.82, 2.24) is 20.2 Å². The first-order valence-electron chi connectivity index (χ1n) is 9.22. The van der Waals surface area contributed by atoms with E-state index in [1.165, 1.54) is 0 Å². The van der Waals surface area contributed by atoms with E-state index < -0.39 is 0 Å². The highest BCUT2D eigenvalue weighted by molar-refractivity contribution is 5.94. The average Bonchev–Trinajstić information content (AvgIpc) is 2.61. The maximum absolute atomic E-state index is 12.3. The largest absolute Gasteiger partial charge is 0.379 e. The molecule has 1 fully saturated rings. The molecule has 1 aromatic heterocycles. The van der Waals surface area contributed by atoms with Crippen LogP contribution in [0.25, 0.3) is 0 Å². The van der Waals surface area contributed by atoms with Gasteiger partial charge in [0.15, 0.2) is 0 Å². The van der Waals surface area contributed by atoms with E-state index in [4.69, 9.17) is 4.74 Å². The van der Waals surface area contributed by atoms with Gasteiger partial charge < -0.3 is 19.9 Å². The number of piperazine rings is 1. The minimum Gasteiger partial charge on any atom is -0.379 e. The van der Waals surface area contributed by atoms with Gasteiger partial charge in [-0.1, -0.05) is 6.92 Å². The van der Waals surface area contributed by atoms with E-state index in [-0.39, 0.29) is 12.0 Å². The molecule has 1 aromatic rings. The number of carbonyl (C=O) groups is 1. The molecular formula is C18H31N5O2. The van der Waals surface area contributed by atoms with E-state index in [0.717, 1.165) is 50.8 Å². The van der Waals surface area contributed by atoms with Crippen LogP contribution in [0.4, 0.5) is 5.95 Å². The molecule has 1 saturated heterocycles. The first kappa shape index (κ1) is 19.6. The number of amides is 1. The van der Waals surface area contributed by atoms with Gasteiger partial charge in [-0.2, -0.15) is 0 Å². The highest BCUT2D eigenvalue weighted by Crippen LogP contribution is 2.13. The van der Waals surface area contributed by atoms with Gasteiger partial charge in [-0.25, -0.2) is 9.97 Å². The molecule has 0 aromatic carbocycles. The zero-order valence-electron chi connectivity index (χ0n) is 15.9. The molecule has 0 aliphatic carbocycles. The summed E-state index contributed by atoms with van der Waals surface area (Å²) in [5.74, 6) is 0.597. The smallest absolute Gasteiger partial charge is 0.254 e.